The van der Waals surface area contributed by atoms with Crippen LogP contribution in [0.2, 0.25) is 0 Å². The van der Waals surface area contributed by atoms with Gasteiger partial charge in [-0.15, -0.1) is 0 Å². The fraction of sp³-hybridized carbons (Fsp3) is 0.250. The van der Waals surface area contributed by atoms with E-state index < -0.39 is 20.1 Å². The van der Waals surface area contributed by atoms with Gasteiger partial charge < -0.3 is 4.18 Å². The Kier molecular flexibility index (Phi) is 4.76. The summed E-state index contributed by atoms with van der Waals surface area (Å²) in [7, 11) is -7.94. The fourth-order valence-electron chi connectivity index (χ4n) is 1.98. The monoisotopic (exact) mass is 369 g/mol. The standard InChI is InChI=1S/C16H19NO5S2/c1-16(2,3)12-4-6-13(7-5-12)22-24(20,21)15-10-8-14(9-11-15)23(17,18)19/h4-11H,1-3H3,(H2,17,18,19). The van der Waals surface area contributed by atoms with Gasteiger partial charge >= 0.3 is 10.1 Å². The number of rotatable bonds is 4. The van der Waals surface area contributed by atoms with E-state index in [-0.39, 0.29) is 21.0 Å². The van der Waals surface area contributed by atoms with Gasteiger partial charge in [0.15, 0.2) is 0 Å². The molecule has 0 aromatic heterocycles. The zero-order chi connectivity index (χ0) is 18.2. The van der Waals surface area contributed by atoms with Gasteiger partial charge in [-0.2, -0.15) is 8.42 Å². The van der Waals surface area contributed by atoms with E-state index in [9.17, 15) is 16.8 Å². The molecule has 0 amide bonds. The third kappa shape index (κ3) is 4.34. The lowest BCUT2D eigenvalue weighted by molar-refractivity contribution is 0.485. The van der Waals surface area contributed by atoms with Crippen molar-refractivity contribution in [1.82, 2.24) is 0 Å². The van der Waals surface area contributed by atoms with E-state index in [2.05, 4.69) is 0 Å². The minimum absolute atomic E-state index is 0.0546. The normalized spacial score (nSPS) is 12.8. The van der Waals surface area contributed by atoms with E-state index in [0.29, 0.717) is 0 Å². The number of hydrogen-bond acceptors (Lipinski definition) is 5. The van der Waals surface area contributed by atoms with Gasteiger partial charge in [0.2, 0.25) is 10.0 Å². The maximum absolute atomic E-state index is 12.2. The van der Waals surface area contributed by atoms with Crippen molar-refractivity contribution in [2.75, 3.05) is 0 Å². The second kappa shape index (κ2) is 6.19. The molecule has 0 unspecified atom stereocenters. The van der Waals surface area contributed by atoms with E-state index in [4.69, 9.17) is 9.32 Å². The molecule has 2 N–H and O–H groups in total. The highest BCUT2D eigenvalue weighted by atomic mass is 32.2. The molecule has 8 heteroatoms. The van der Waals surface area contributed by atoms with E-state index in [1.54, 1.807) is 24.3 Å². The number of sulfonamides is 1. The molecule has 2 rings (SSSR count). The molecule has 2 aromatic rings. The summed E-state index contributed by atoms with van der Waals surface area (Å²) >= 11 is 0. The van der Waals surface area contributed by atoms with Crippen molar-refractivity contribution >= 4 is 20.1 Å². The minimum atomic E-state index is -4.06. The molecular weight excluding hydrogens is 350 g/mol. The molecule has 0 saturated heterocycles. The van der Waals surface area contributed by atoms with Crippen LogP contribution in [0.4, 0.5) is 0 Å². The molecule has 0 radical (unpaired) electrons. The van der Waals surface area contributed by atoms with Gasteiger partial charge in [-0.3, -0.25) is 0 Å². The lowest BCUT2D eigenvalue weighted by Crippen LogP contribution is -2.14. The number of primary sulfonamides is 1. The molecule has 24 heavy (non-hydrogen) atoms. The first-order chi connectivity index (χ1) is 10.9. The Morgan fingerprint density at radius 3 is 1.67 bits per heavy atom. The van der Waals surface area contributed by atoms with Crippen molar-refractivity contribution in [1.29, 1.82) is 0 Å². The molecule has 2 aromatic carbocycles. The quantitative estimate of drug-likeness (QED) is 0.834. The van der Waals surface area contributed by atoms with Crippen molar-refractivity contribution in [2.45, 2.75) is 36.0 Å². The van der Waals surface area contributed by atoms with E-state index >= 15 is 0 Å². The Hall–Kier alpha value is -1.90. The van der Waals surface area contributed by atoms with Gasteiger partial charge in [0, 0.05) is 0 Å². The highest BCUT2D eigenvalue weighted by Gasteiger charge is 2.19. The van der Waals surface area contributed by atoms with E-state index in [1.807, 2.05) is 20.8 Å². The van der Waals surface area contributed by atoms with Crippen LogP contribution in [-0.4, -0.2) is 16.8 Å². The lowest BCUT2D eigenvalue weighted by Gasteiger charge is -2.19. The number of benzene rings is 2. The summed E-state index contributed by atoms with van der Waals surface area (Å²) in [5.74, 6) is 0.179. The zero-order valence-corrected chi connectivity index (χ0v) is 15.2. The van der Waals surface area contributed by atoms with Crippen LogP contribution in [-0.2, 0) is 25.6 Å². The average molecular weight is 369 g/mol. The topological polar surface area (TPSA) is 104 Å². The summed E-state index contributed by atoms with van der Waals surface area (Å²) in [6.45, 7) is 6.14. The summed E-state index contributed by atoms with van der Waals surface area (Å²) in [4.78, 5) is -0.328. The van der Waals surface area contributed by atoms with Gasteiger partial charge in [0.05, 0.1) is 4.90 Å². The molecule has 6 nitrogen and oxygen atoms in total. The maximum atomic E-state index is 12.2. The predicted octanol–water partition coefficient (Wildman–Crippen LogP) is 2.40. The molecule has 0 aliphatic carbocycles. The van der Waals surface area contributed by atoms with E-state index in [0.717, 1.165) is 29.8 Å². The predicted molar refractivity (Wildman–Crippen MR) is 90.8 cm³/mol. The van der Waals surface area contributed by atoms with Crippen molar-refractivity contribution in [3.05, 3.63) is 54.1 Å². The van der Waals surface area contributed by atoms with E-state index in [1.165, 1.54) is 0 Å². The van der Waals surface area contributed by atoms with Gasteiger partial charge in [-0.1, -0.05) is 32.9 Å². The van der Waals surface area contributed by atoms with Gasteiger partial charge in [0.1, 0.15) is 10.6 Å². The molecule has 0 aliphatic heterocycles. The number of hydrogen-bond donors (Lipinski definition) is 1. The van der Waals surface area contributed by atoms with Crippen LogP contribution < -0.4 is 9.32 Å². The Bertz CT molecular complexity index is 923. The molecule has 130 valence electrons. The van der Waals surface area contributed by atoms with Crippen molar-refractivity contribution < 1.29 is 21.0 Å². The third-order valence-corrected chi connectivity index (χ3v) is 5.56. The van der Waals surface area contributed by atoms with Crippen molar-refractivity contribution in [3.63, 3.8) is 0 Å². The SMILES string of the molecule is CC(C)(C)c1ccc(OS(=O)(=O)c2ccc(S(N)(=O)=O)cc2)cc1. The molecule has 0 saturated carbocycles. The fourth-order valence-corrected chi connectivity index (χ4v) is 3.43. The van der Waals surface area contributed by atoms with Gasteiger partial charge in [-0.05, 0) is 47.4 Å². The van der Waals surface area contributed by atoms with Gasteiger partial charge in [0.25, 0.3) is 0 Å². The van der Waals surface area contributed by atoms with Crippen LogP contribution in [0, 0.1) is 0 Å². The second-order valence-electron chi connectivity index (χ2n) is 6.33. The van der Waals surface area contributed by atoms with Crippen molar-refractivity contribution in [3.8, 4) is 5.75 Å². The molecule has 0 fully saturated rings. The molecular formula is C16H19NO5S2. The second-order valence-corrected chi connectivity index (χ2v) is 9.44. The minimum Gasteiger partial charge on any atom is -0.379 e. The average Bonchev–Trinajstić information content (AvgIpc) is 2.46. The van der Waals surface area contributed by atoms with Crippen LogP contribution in [0.3, 0.4) is 0 Å². The van der Waals surface area contributed by atoms with Crippen LogP contribution in [0.5, 0.6) is 5.75 Å². The first-order valence-corrected chi connectivity index (χ1v) is 10.0. The maximum Gasteiger partial charge on any atom is 0.339 e. The largest absolute Gasteiger partial charge is 0.379 e. The van der Waals surface area contributed by atoms with Crippen molar-refractivity contribution in [2.24, 2.45) is 5.14 Å². The first-order valence-electron chi connectivity index (χ1n) is 7.07. The van der Waals surface area contributed by atoms with Crippen LogP contribution in [0.15, 0.2) is 58.3 Å². The Morgan fingerprint density at radius 1 is 0.792 bits per heavy atom. The molecule has 0 atom stereocenters. The number of nitrogens with two attached hydrogens (primary N) is 1. The summed E-state index contributed by atoms with van der Waals surface area (Å²) in [6, 6.07) is 11.3. The summed E-state index contributed by atoms with van der Waals surface area (Å²) in [6.07, 6.45) is 0. The Balaban J connectivity index is 2.25. The smallest absolute Gasteiger partial charge is 0.339 e. The Morgan fingerprint density at radius 2 is 1.25 bits per heavy atom. The zero-order valence-electron chi connectivity index (χ0n) is 13.6. The lowest BCUT2D eigenvalue weighted by atomic mass is 9.87. The highest BCUT2D eigenvalue weighted by molar-refractivity contribution is 7.89. The molecule has 0 bridgehead atoms. The van der Waals surface area contributed by atoms with Gasteiger partial charge in [-0.25, -0.2) is 13.6 Å². The highest BCUT2D eigenvalue weighted by Crippen LogP contribution is 2.26. The van der Waals surface area contributed by atoms with Crippen LogP contribution in [0.1, 0.15) is 26.3 Å². The first kappa shape index (κ1) is 18.4. The van der Waals surface area contributed by atoms with Crippen LogP contribution >= 0.6 is 0 Å². The van der Waals surface area contributed by atoms with Crippen LogP contribution in [0.25, 0.3) is 0 Å². The summed E-state index contributed by atoms with van der Waals surface area (Å²) in [5.41, 5.74) is 0.991. The Labute approximate surface area is 142 Å². The molecule has 0 spiro atoms. The summed E-state index contributed by atoms with van der Waals surface area (Å²) < 4.78 is 51.9. The molecule has 0 heterocycles. The molecule has 0 aliphatic rings. The third-order valence-electron chi connectivity index (χ3n) is 3.37. The summed E-state index contributed by atoms with van der Waals surface area (Å²) in [5, 5.41) is 4.98.